The molecule has 1 aliphatic heterocycles. The van der Waals surface area contributed by atoms with E-state index in [9.17, 15) is 9.90 Å². The molecule has 1 saturated heterocycles. The first kappa shape index (κ1) is 12.8. The first-order valence-corrected chi connectivity index (χ1v) is 6.27. The number of amides is 1. The molecule has 0 bridgehead atoms. The maximum absolute atomic E-state index is 12.2. The minimum absolute atomic E-state index is 0.0775. The maximum Gasteiger partial charge on any atom is 0.272 e. The van der Waals surface area contributed by atoms with Crippen LogP contribution in [0, 0.1) is 5.92 Å². The molecule has 1 aliphatic rings. The number of carbonyl (C=O) groups excluding carboxylic acids is 1. The predicted molar refractivity (Wildman–Crippen MR) is 69.0 cm³/mol. The molecule has 0 aromatic carbocycles. The lowest BCUT2D eigenvalue weighted by Gasteiger charge is -2.33. The highest BCUT2D eigenvalue weighted by Gasteiger charge is 2.26. The summed E-state index contributed by atoms with van der Waals surface area (Å²) in [6.45, 7) is 3.15. The minimum Gasteiger partial charge on any atom is -0.399 e. The van der Waals surface area contributed by atoms with Gasteiger partial charge in [-0.1, -0.05) is 0 Å². The average molecular weight is 249 g/mol. The molecule has 0 saturated carbocycles. The Kier molecular flexibility index (Phi) is 3.81. The summed E-state index contributed by atoms with van der Waals surface area (Å²) >= 11 is 0. The van der Waals surface area contributed by atoms with Gasteiger partial charge in [0.1, 0.15) is 5.69 Å². The quantitative estimate of drug-likeness (QED) is 0.816. The van der Waals surface area contributed by atoms with E-state index in [1.54, 1.807) is 23.2 Å². The number of carbonyl (C=O) groups is 1. The zero-order valence-corrected chi connectivity index (χ0v) is 10.5. The third-order valence-electron chi connectivity index (χ3n) is 3.51. The molecule has 1 unspecified atom stereocenters. The fraction of sp³-hybridized carbons (Fsp3) is 0.538. The van der Waals surface area contributed by atoms with E-state index in [1.165, 1.54) is 0 Å². The van der Waals surface area contributed by atoms with Crippen LogP contribution in [0.5, 0.6) is 0 Å². The summed E-state index contributed by atoms with van der Waals surface area (Å²) in [4.78, 5) is 18.0. The van der Waals surface area contributed by atoms with E-state index in [4.69, 9.17) is 5.73 Å². The smallest absolute Gasteiger partial charge is 0.272 e. The zero-order chi connectivity index (χ0) is 13.1. The lowest BCUT2D eigenvalue weighted by atomic mass is 9.92. The van der Waals surface area contributed by atoms with Crippen LogP contribution in [0.1, 0.15) is 30.3 Å². The Morgan fingerprint density at radius 2 is 2.22 bits per heavy atom. The molecule has 5 nitrogen and oxygen atoms in total. The van der Waals surface area contributed by atoms with Crippen LogP contribution in [0.15, 0.2) is 18.3 Å². The number of nitrogen functional groups attached to an aromatic ring is 1. The predicted octanol–water partition coefficient (Wildman–Crippen LogP) is 0.897. The number of hydrogen-bond donors (Lipinski definition) is 2. The van der Waals surface area contributed by atoms with Gasteiger partial charge >= 0.3 is 0 Å². The molecular formula is C13H19N3O2. The van der Waals surface area contributed by atoms with Crippen LogP contribution < -0.4 is 5.73 Å². The van der Waals surface area contributed by atoms with E-state index in [1.807, 2.05) is 6.92 Å². The van der Waals surface area contributed by atoms with Crippen molar-refractivity contribution in [3.8, 4) is 0 Å². The molecule has 2 heterocycles. The van der Waals surface area contributed by atoms with Crippen molar-refractivity contribution in [2.45, 2.75) is 25.9 Å². The van der Waals surface area contributed by atoms with Gasteiger partial charge in [0, 0.05) is 25.0 Å². The Morgan fingerprint density at radius 3 is 2.78 bits per heavy atom. The molecule has 2 rings (SSSR count). The van der Waals surface area contributed by atoms with Crippen LogP contribution in [0.25, 0.3) is 0 Å². The summed E-state index contributed by atoms with van der Waals surface area (Å²) in [6.07, 6.45) is 2.93. The number of aliphatic hydroxyl groups is 1. The largest absolute Gasteiger partial charge is 0.399 e. The number of piperidine rings is 1. The second kappa shape index (κ2) is 5.35. The zero-order valence-electron chi connectivity index (χ0n) is 10.5. The summed E-state index contributed by atoms with van der Waals surface area (Å²) in [7, 11) is 0. The van der Waals surface area contributed by atoms with E-state index in [0.717, 1.165) is 12.8 Å². The number of aromatic nitrogens is 1. The van der Waals surface area contributed by atoms with Crippen LogP contribution in [-0.4, -0.2) is 40.1 Å². The van der Waals surface area contributed by atoms with Gasteiger partial charge in [0.2, 0.25) is 0 Å². The molecule has 98 valence electrons. The molecular weight excluding hydrogens is 230 g/mol. The van der Waals surface area contributed by atoms with Gasteiger partial charge < -0.3 is 15.7 Å². The van der Waals surface area contributed by atoms with Crippen LogP contribution in [0.3, 0.4) is 0 Å². The van der Waals surface area contributed by atoms with Gasteiger partial charge in [-0.05, 0) is 37.8 Å². The number of pyridine rings is 1. The third kappa shape index (κ3) is 2.79. The van der Waals surface area contributed by atoms with Crippen LogP contribution in [0.2, 0.25) is 0 Å². The Hall–Kier alpha value is -1.62. The van der Waals surface area contributed by atoms with E-state index >= 15 is 0 Å². The Morgan fingerprint density at radius 1 is 1.56 bits per heavy atom. The highest BCUT2D eigenvalue weighted by Crippen LogP contribution is 2.21. The molecule has 1 amide bonds. The summed E-state index contributed by atoms with van der Waals surface area (Å²) < 4.78 is 0. The molecule has 1 atom stereocenters. The first-order chi connectivity index (χ1) is 8.58. The van der Waals surface area contributed by atoms with E-state index in [0.29, 0.717) is 30.4 Å². The van der Waals surface area contributed by atoms with Crippen molar-refractivity contribution >= 4 is 11.6 Å². The summed E-state index contributed by atoms with van der Waals surface area (Å²) in [5.41, 5.74) is 6.59. The van der Waals surface area contributed by atoms with Gasteiger partial charge in [-0.25, -0.2) is 0 Å². The van der Waals surface area contributed by atoms with Gasteiger partial charge in [-0.3, -0.25) is 9.78 Å². The molecule has 18 heavy (non-hydrogen) atoms. The van der Waals surface area contributed by atoms with Crippen LogP contribution in [0.4, 0.5) is 5.69 Å². The Bertz CT molecular complexity index is 426. The fourth-order valence-electron chi connectivity index (χ4n) is 2.31. The van der Waals surface area contributed by atoms with Crippen molar-refractivity contribution in [2.75, 3.05) is 18.8 Å². The number of nitrogens with zero attached hydrogens (tertiary/aromatic N) is 2. The fourth-order valence-corrected chi connectivity index (χ4v) is 2.31. The van der Waals surface area contributed by atoms with Gasteiger partial charge in [0.25, 0.3) is 5.91 Å². The highest BCUT2D eigenvalue weighted by atomic mass is 16.3. The van der Waals surface area contributed by atoms with Crippen molar-refractivity contribution in [3.05, 3.63) is 24.0 Å². The maximum atomic E-state index is 12.2. The summed E-state index contributed by atoms with van der Waals surface area (Å²) in [5, 5.41) is 9.52. The van der Waals surface area contributed by atoms with Crippen molar-refractivity contribution in [2.24, 2.45) is 5.92 Å². The van der Waals surface area contributed by atoms with Gasteiger partial charge in [0.05, 0.1) is 6.10 Å². The SMILES string of the molecule is CC(O)C1CCN(C(=O)c2cc(N)ccn2)CC1. The van der Waals surface area contributed by atoms with Crippen LogP contribution in [-0.2, 0) is 0 Å². The van der Waals surface area contributed by atoms with E-state index < -0.39 is 0 Å². The molecule has 1 aromatic rings. The number of anilines is 1. The second-order valence-corrected chi connectivity index (χ2v) is 4.84. The third-order valence-corrected chi connectivity index (χ3v) is 3.51. The number of nitrogens with two attached hydrogens (primary N) is 1. The topological polar surface area (TPSA) is 79.5 Å². The Labute approximate surface area is 107 Å². The summed E-state index contributed by atoms with van der Waals surface area (Å²) in [5.74, 6) is 0.217. The second-order valence-electron chi connectivity index (χ2n) is 4.84. The van der Waals surface area contributed by atoms with Gasteiger partial charge in [-0.2, -0.15) is 0 Å². The molecule has 1 fully saturated rings. The molecule has 0 spiro atoms. The number of rotatable bonds is 2. The molecule has 5 heteroatoms. The van der Waals surface area contributed by atoms with E-state index in [-0.39, 0.29) is 12.0 Å². The number of aliphatic hydroxyl groups excluding tert-OH is 1. The van der Waals surface area contributed by atoms with Gasteiger partial charge in [-0.15, -0.1) is 0 Å². The normalized spacial score (nSPS) is 18.7. The van der Waals surface area contributed by atoms with Gasteiger partial charge in [0.15, 0.2) is 0 Å². The standard InChI is InChI=1S/C13H19N3O2/c1-9(17)10-3-6-16(7-4-10)13(18)12-8-11(14)2-5-15-12/h2,5,8-10,17H,3-4,6-7H2,1H3,(H2,14,15). The average Bonchev–Trinajstić information content (AvgIpc) is 2.38. The van der Waals surface area contributed by atoms with Crippen molar-refractivity contribution < 1.29 is 9.90 Å². The molecule has 0 aliphatic carbocycles. The number of hydrogen-bond acceptors (Lipinski definition) is 4. The lowest BCUT2D eigenvalue weighted by molar-refractivity contribution is 0.0517. The monoisotopic (exact) mass is 249 g/mol. The summed E-state index contributed by atoms with van der Waals surface area (Å²) in [6, 6.07) is 3.26. The van der Waals surface area contributed by atoms with Crippen molar-refractivity contribution in [3.63, 3.8) is 0 Å². The highest BCUT2D eigenvalue weighted by molar-refractivity contribution is 5.93. The molecule has 1 aromatic heterocycles. The van der Waals surface area contributed by atoms with E-state index in [2.05, 4.69) is 4.98 Å². The number of likely N-dealkylation sites (tertiary alicyclic amines) is 1. The lowest BCUT2D eigenvalue weighted by Crippen LogP contribution is -2.41. The Balaban J connectivity index is 1.99. The van der Waals surface area contributed by atoms with Crippen LogP contribution >= 0.6 is 0 Å². The van der Waals surface area contributed by atoms with Crippen molar-refractivity contribution in [1.29, 1.82) is 0 Å². The molecule has 0 radical (unpaired) electrons. The molecule has 3 N–H and O–H groups in total. The minimum atomic E-state index is -0.298. The first-order valence-electron chi connectivity index (χ1n) is 6.27. The van der Waals surface area contributed by atoms with Crippen molar-refractivity contribution in [1.82, 2.24) is 9.88 Å².